The van der Waals surface area contributed by atoms with Crippen molar-refractivity contribution in [1.82, 2.24) is 15.1 Å². The predicted octanol–water partition coefficient (Wildman–Crippen LogP) is 2.46. The molecule has 2 heterocycles. The lowest BCUT2D eigenvalue weighted by Gasteiger charge is -2.30. The molecule has 1 saturated heterocycles. The average molecular weight is 446 g/mol. The van der Waals surface area contributed by atoms with Gasteiger partial charge in [0.15, 0.2) is 5.82 Å². The number of benzene rings is 1. The van der Waals surface area contributed by atoms with Gasteiger partial charge in [-0.15, -0.1) is 22.0 Å². The molecule has 0 unspecified atom stereocenters. The van der Waals surface area contributed by atoms with E-state index in [0.717, 1.165) is 0 Å². The molecule has 0 atom stereocenters. The number of rotatable bonds is 8. The number of piperidine rings is 1. The van der Waals surface area contributed by atoms with Crippen molar-refractivity contribution in [3.63, 3.8) is 0 Å². The molecule has 1 aromatic heterocycles. The van der Waals surface area contributed by atoms with E-state index in [1.54, 1.807) is 17.0 Å². The Hall–Kier alpha value is -3.01. The molecule has 8 nitrogen and oxygen atoms in total. The summed E-state index contributed by atoms with van der Waals surface area (Å²) in [5, 5.41) is 11.3. The van der Waals surface area contributed by atoms with E-state index in [-0.39, 0.29) is 17.7 Å². The lowest BCUT2D eigenvalue weighted by Crippen LogP contribution is -2.41. The van der Waals surface area contributed by atoms with E-state index in [1.165, 1.54) is 36.0 Å². The summed E-state index contributed by atoms with van der Waals surface area (Å²) in [6.07, 6.45) is 2.41. The zero-order valence-corrected chi connectivity index (χ0v) is 17.7. The number of halogens is 1. The summed E-state index contributed by atoms with van der Waals surface area (Å²) in [5.74, 6) is -0.117. The van der Waals surface area contributed by atoms with Crippen LogP contribution in [-0.2, 0) is 9.59 Å². The van der Waals surface area contributed by atoms with Gasteiger partial charge in [0.1, 0.15) is 10.8 Å². The first kappa shape index (κ1) is 22.7. The van der Waals surface area contributed by atoms with Gasteiger partial charge in [-0.2, -0.15) is 0 Å². The van der Waals surface area contributed by atoms with Gasteiger partial charge < -0.3 is 16.0 Å². The van der Waals surface area contributed by atoms with Gasteiger partial charge >= 0.3 is 0 Å². The van der Waals surface area contributed by atoms with E-state index >= 15 is 0 Å². The first-order chi connectivity index (χ1) is 14.9. The Kier molecular flexibility index (Phi) is 7.94. The number of nitrogens with one attached hydrogen (secondary N) is 1. The van der Waals surface area contributed by atoms with Gasteiger partial charge in [-0.05, 0) is 55.7 Å². The predicted molar refractivity (Wildman–Crippen MR) is 115 cm³/mol. The molecule has 0 radical (unpaired) electrons. The van der Waals surface area contributed by atoms with Crippen LogP contribution in [0.3, 0.4) is 0 Å². The Bertz CT molecular complexity index is 916. The van der Waals surface area contributed by atoms with Crippen molar-refractivity contribution in [1.29, 1.82) is 0 Å². The number of carbonyl (C=O) groups excluding carboxylic acids is 3. The quantitative estimate of drug-likeness (QED) is 0.476. The van der Waals surface area contributed by atoms with Crippen LogP contribution >= 0.6 is 11.8 Å². The molecule has 0 aliphatic carbocycles. The zero-order valence-electron chi connectivity index (χ0n) is 16.9. The van der Waals surface area contributed by atoms with Gasteiger partial charge in [0.25, 0.3) is 5.91 Å². The maximum absolute atomic E-state index is 12.9. The third-order valence-electron chi connectivity index (χ3n) is 5.02. The third kappa shape index (κ3) is 6.74. The smallest absolute Gasteiger partial charge is 0.256 e. The summed E-state index contributed by atoms with van der Waals surface area (Å²) in [6.45, 7) is 1.16. The molecular formula is C21H24FN5O3S. The number of aromatic nitrogens is 2. The molecule has 0 bridgehead atoms. The molecule has 3 N–H and O–H groups in total. The number of anilines is 1. The normalized spacial score (nSPS) is 14.3. The van der Waals surface area contributed by atoms with Crippen LogP contribution in [-0.4, -0.2) is 51.7 Å². The van der Waals surface area contributed by atoms with Gasteiger partial charge in [0.2, 0.25) is 11.8 Å². The van der Waals surface area contributed by atoms with Gasteiger partial charge in [-0.3, -0.25) is 14.4 Å². The molecule has 0 saturated carbocycles. The number of amides is 3. The molecule has 1 fully saturated rings. The maximum atomic E-state index is 12.9. The number of likely N-dealkylation sites (tertiary alicyclic amines) is 1. The molecular weight excluding hydrogens is 421 g/mol. The molecule has 0 spiro atoms. The topological polar surface area (TPSA) is 118 Å². The third-order valence-corrected chi connectivity index (χ3v) is 6.03. The fourth-order valence-electron chi connectivity index (χ4n) is 3.23. The van der Waals surface area contributed by atoms with Gasteiger partial charge in [-0.25, -0.2) is 4.39 Å². The summed E-state index contributed by atoms with van der Waals surface area (Å²) in [4.78, 5) is 37.4. The Morgan fingerprint density at radius 1 is 1.10 bits per heavy atom. The first-order valence-corrected chi connectivity index (χ1v) is 11.0. The van der Waals surface area contributed by atoms with Gasteiger partial charge in [0, 0.05) is 36.7 Å². The summed E-state index contributed by atoms with van der Waals surface area (Å²) in [6, 6.07) is 8.61. The number of carbonyl (C=O) groups is 3. The number of nitrogens with zero attached hydrogens (tertiary/aromatic N) is 3. The minimum atomic E-state index is -0.410. The van der Waals surface area contributed by atoms with E-state index in [4.69, 9.17) is 5.73 Å². The van der Waals surface area contributed by atoms with Crippen molar-refractivity contribution in [3.8, 4) is 0 Å². The van der Waals surface area contributed by atoms with E-state index in [9.17, 15) is 18.8 Å². The first-order valence-electron chi connectivity index (χ1n) is 10.0. The number of hydrogen-bond acceptors (Lipinski definition) is 6. The van der Waals surface area contributed by atoms with E-state index < -0.39 is 11.7 Å². The van der Waals surface area contributed by atoms with Crippen LogP contribution in [0.2, 0.25) is 0 Å². The highest BCUT2D eigenvalue weighted by molar-refractivity contribution is 7.99. The van der Waals surface area contributed by atoms with Crippen molar-refractivity contribution in [2.75, 3.05) is 24.2 Å². The Morgan fingerprint density at radius 3 is 2.42 bits per heavy atom. The zero-order chi connectivity index (χ0) is 22.2. The van der Waals surface area contributed by atoms with Crippen LogP contribution in [0.4, 0.5) is 10.2 Å². The summed E-state index contributed by atoms with van der Waals surface area (Å²) >= 11 is 1.48. The summed E-state index contributed by atoms with van der Waals surface area (Å²) in [7, 11) is 0. The second kappa shape index (κ2) is 10.9. The molecule has 31 heavy (non-hydrogen) atoms. The highest BCUT2D eigenvalue weighted by Crippen LogP contribution is 2.20. The van der Waals surface area contributed by atoms with Crippen molar-refractivity contribution in [2.45, 2.75) is 30.7 Å². The second-order valence-electron chi connectivity index (χ2n) is 7.23. The lowest BCUT2D eigenvalue weighted by molar-refractivity contribution is -0.134. The molecule has 10 heteroatoms. The molecule has 3 amide bonds. The monoisotopic (exact) mass is 445 g/mol. The fraction of sp³-hybridized carbons (Fsp3) is 0.381. The van der Waals surface area contributed by atoms with Gasteiger partial charge in [0.05, 0.1) is 0 Å². The SMILES string of the molecule is NC(=O)C1CCN(C(=O)CCCSc2ccc(NC(=O)c3ccc(F)cc3)nn2)CC1. The fourth-order valence-corrected chi connectivity index (χ4v) is 3.99. The minimum Gasteiger partial charge on any atom is -0.369 e. The Balaban J connectivity index is 1.36. The largest absolute Gasteiger partial charge is 0.369 e. The van der Waals surface area contributed by atoms with Crippen molar-refractivity contribution >= 4 is 35.3 Å². The minimum absolute atomic E-state index is 0.0912. The second-order valence-corrected chi connectivity index (χ2v) is 8.34. The Morgan fingerprint density at radius 2 is 1.81 bits per heavy atom. The van der Waals surface area contributed by atoms with E-state index in [2.05, 4.69) is 15.5 Å². The lowest BCUT2D eigenvalue weighted by atomic mass is 9.96. The number of primary amides is 1. The van der Waals surface area contributed by atoms with E-state index in [0.29, 0.717) is 60.9 Å². The summed E-state index contributed by atoms with van der Waals surface area (Å²) in [5.41, 5.74) is 5.64. The van der Waals surface area contributed by atoms with Crippen LogP contribution in [0.5, 0.6) is 0 Å². The highest BCUT2D eigenvalue weighted by atomic mass is 32.2. The standard InChI is InChI=1S/C21H24FN5O3S/c22-16-5-3-15(4-6-16)21(30)24-17-7-8-18(26-25-17)31-13-1-2-19(28)27-11-9-14(10-12-27)20(23)29/h3-8,14H,1-2,9-13H2,(H2,23,29)(H,24,25,30). The van der Waals surface area contributed by atoms with Crippen molar-refractivity contribution in [3.05, 3.63) is 47.8 Å². The number of thioether (sulfide) groups is 1. The molecule has 1 aliphatic rings. The summed E-state index contributed by atoms with van der Waals surface area (Å²) < 4.78 is 12.9. The molecule has 1 aromatic carbocycles. The molecule has 3 rings (SSSR count). The van der Waals surface area contributed by atoms with Crippen molar-refractivity contribution in [2.24, 2.45) is 11.7 Å². The van der Waals surface area contributed by atoms with Crippen LogP contribution in [0.1, 0.15) is 36.0 Å². The average Bonchev–Trinajstić information content (AvgIpc) is 2.78. The maximum Gasteiger partial charge on any atom is 0.256 e. The molecule has 1 aliphatic heterocycles. The van der Waals surface area contributed by atoms with Gasteiger partial charge in [-0.1, -0.05) is 0 Å². The van der Waals surface area contributed by atoms with Crippen LogP contribution in [0, 0.1) is 11.7 Å². The van der Waals surface area contributed by atoms with Crippen LogP contribution in [0.15, 0.2) is 41.4 Å². The van der Waals surface area contributed by atoms with Crippen LogP contribution < -0.4 is 11.1 Å². The number of nitrogens with two attached hydrogens (primary N) is 1. The Labute approximate surface area is 183 Å². The molecule has 2 aromatic rings. The molecule has 164 valence electrons. The van der Waals surface area contributed by atoms with E-state index in [1.807, 2.05) is 0 Å². The van der Waals surface area contributed by atoms with Crippen molar-refractivity contribution < 1.29 is 18.8 Å². The van der Waals surface area contributed by atoms with Crippen LogP contribution in [0.25, 0.3) is 0 Å². The highest BCUT2D eigenvalue weighted by Gasteiger charge is 2.25. The number of hydrogen-bond donors (Lipinski definition) is 2.